The number of hydrogen-bond acceptors (Lipinski definition) is 7. The van der Waals surface area contributed by atoms with Crippen molar-refractivity contribution in [3.8, 4) is 11.5 Å². The summed E-state index contributed by atoms with van der Waals surface area (Å²) in [6.07, 6.45) is -3.79. The van der Waals surface area contributed by atoms with Gasteiger partial charge in [0.2, 0.25) is 5.95 Å². The Morgan fingerprint density at radius 3 is 2.62 bits per heavy atom. The van der Waals surface area contributed by atoms with Gasteiger partial charge in [-0.1, -0.05) is 0 Å². The SMILES string of the molecule is Nc1nc2c3c(ccc2c2nc(CN4CC(F)(F)C4)nn12)OC(F)(F)O3. The van der Waals surface area contributed by atoms with Gasteiger partial charge in [-0.3, -0.25) is 4.90 Å². The number of benzene rings is 1. The molecule has 0 unspecified atom stereocenters. The van der Waals surface area contributed by atoms with E-state index in [1.54, 1.807) is 0 Å². The first-order valence-corrected chi connectivity index (χ1v) is 7.55. The lowest BCUT2D eigenvalue weighted by Gasteiger charge is -2.37. The summed E-state index contributed by atoms with van der Waals surface area (Å²) in [5, 5.41) is 4.53. The van der Waals surface area contributed by atoms with Crippen molar-refractivity contribution in [2.75, 3.05) is 18.8 Å². The highest BCUT2D eigenvalue weighted by Gasteiger charge is 2.45. The zero-order valence-electron chi connectivity index (χ0n) is 12.9. The van der Waals surface area contributed by atoms with Crippen LogP contribution >= 0.6 is 0 Å². The minimum Gasteiger partial charge on any atom is -0.395 e. The smallest absolute Gasteiger partial charge is 0.395 e. The Kier molecular flexibility index (Phi) is 2.74. The van der Waals surface area contributed by atoms with E-state index in [1.165, 1.54) is 21.5 Å². The Hall–Kier alpha value is -2.89. The molecule has 0 bridgehead atoms. The standard InChI is InChI=1S/C14H10F4N6O2/c15-13(16)4-23(5-13)3-8-20-11-6-1-2-7-10(26-14(17,18)25-7)9(6)21-12(19)24(11)22-8/h1-2H,3-5H2,(H2,19,21). The van der Waals surface area contributed by atoms with Crippen molar-refractivity contribution in [2.24, 2.45) is 0 Å². The van der Waals surface area contributed by atoms with Crippen LogP contribution in [0.2, 0.25) is 0 Å². The monoisotopic (exact) mass is 370 g/mol. The van der Waals surface area contributed by atoms with Gasteiger partial charge in [-0.05, 0) is 12.1 Å². The molecule has 0 aliphatic carbocycles. The second kappa shape index (κ2) is 4.63. The van der Waals surface area contributed by atoms with E-state index in [2.05, 4.69) is 24.5 Å². The highest BCUT2D eigenvalue weighted by molar-refractivity contribution is 5.97. The molecule has 8 nitrogen and oxygen atoms in total. The van der Waals surface area contributed by atoms with Crippen molar-refractivity contribution in [3.63, 3.8) is 0 Å². The topological polar surface area (TPSA) is 90.8 Å². The van der Waals surface area contributed by atoms with Crippen LogP contribution in [0.5, 0.6) is 11.5 Å². The van der Waals surface area contributed by atoms with Gasteiger partial charge in [0.1, 0.15) is 5.52 Å². The number of alkyl halides is 4. The number of fused-ring (bicyclic) bond motifs is 5. The molecule has 0 spiro atoms. The van der Waals surface area contributed by atoms with Gasteiger partial charge in [0, 0.05) is 5.39 Å². The lowest BCUT2D eigenvalue weighted by atomic mass is 10.1. The number of ether oxygens (including phenoxy) is 2. The fourth-order valence-electron chi connectivity index (χ4n) is 3.13. The van der Waals surface area contributed by atoms with Crippen LogP contribution < -0.4 is 15.2 Å². The highest BCUT2D eigenvalue weighted by Crippen LogP contribution is 2.45. The summed E-state index contributed by atoms with van der Waals surface area (Å²) in [7, 11) is 0. The van der Waals surface area contributed by atoms with E-state index in [-0.39, 0.29) is 54.1 Å². The molecule has 1 aromatic carbocycles. The second-order valence-electron chi connectivity index (χ2n) is 6.19. The highest BCUT2D eigenvalue weighted by atomic mass is 19.3. The Morgan fingerprint density at radius 2 is 1.88 bits per heavy atom. The average Bonchev–Trinajstić information content (AvgIpc) is 3.05. The van der Waals surface area contributed by atoms with E-state index < -0.39 is 12.2 Å². The normalized spacial score (nSPS) is 20.6. The summed E-state index contributed by atoms with van der Waals surface area (Å²) in [5.41, 5.74) is 6.16. The summed E-state index contributed by atoms with van der Waals surface area (Å²) < 4.78 is 62.7. The maximum Gasteiger partial charge on any atom is 0.586 e. The average molecular weight is 370 g/mol. The van der Waals surface area contributed by atoms with Crippen molar-refractivity contribution in [1.29, 1.82) is 0 Å². The van der Waals surface area contributed by atoms with Gasteiger partial charge >= 0.3 is 6.29 Å². The molecule has 2 aliphatic rings. The fraction of sp³-hybridized carbons (Fsp3) is 0.357. The first-order valence-electron chi connectivity index (χ1n) is 7.55. The Labute approximate surface area is 142 Å². The molecule has 2 aliphatic heterocycles. The van der Waals surface area contributed by atoms with Crippen LogP contribution in [0.4, 0.5) is 23.5 Å². The van der Waals surface area contributed by atoms with E-state index >= 15 is 0 Å². The van der Waals surface area contributed by atoms with Gasteiger partial charge in [0.05, 0.1) is 19.6 Å². The molecule has 1 fully saturated rings. The number of nitrogen functional groups attached to an aromatic ring is 1. The van der Waals surface area contributed by atoms with Crippen LogP contribution in [-0.2, 0) is 6.54 Å². The quantitative estimate of drug-likeness (QED) is 0.686. The van der Waals surface area contributed by atoms with Gasteiger partial charge < -0.3 is 15.2 Å². The number of nitrogens with two attached hydrogens (primary N) is 1. The third kappa shape index (κ3) is 2.21. The predicted octanol–water partition coefficient (Wildman–Crippen LogP) is 1.63. The van der Waals surface area contributed by atoms with Gasteiger partial charge in [0.25, 0.3) is 5.92 Å². The van der Waals surface area contributed by atoms with Gasteiger partial charge in [-0.25, -0.2) is 18.7 Å². The molecule has 0 atom stereocenters. The molecule has 2 aromatic heterocycles. The van der Waals surface area contributed by atoms with Crippen LogP contribution in [-0.4, -0.2) is 49.8 Å². The number of nitrogens with zero attached hydrogens (tertiary/aromatic N) is 5. The molecule has 12 heteroatoms. The van der Waals surface area contributed by atoms with Crippen LogP contribution in [0.3, 0.4) is 0 Å². The minimum atomic E-state index is -3.79. The maximum absolute atomic E-state index is 13.3. The van der Waals surface area contributed by atoms with Gasteiger partial charge in [-0.2, -0.15) is 4.52 Å². The van der Waals surface area contributed by atoms with Crippen molar-refractivity contribution < 1.29 is 27.0 Å². The zero-order chi connectivity index (χ0) is 18.3. The van der Waals surface area contributed by atoms with Crippen LogP contribution in [0.15, 0.2) is 12.1 Å². The Bertz CT molecular complexity index is 1060. The molecule has 0 saturated carbocycles. The number of rotatable bonds is 2. The first-order chi connectivity index (χ1) is 12.2. The third-order valence-corrected chi connectivity index (χ3v) is 4.16. The first kappa shape index (κ1) is 15.4. The van der Waals surface area contributed by atoms with E-state index in [1.807, 2.05) is 0 Å². The van der Waals surface area contributed by atoms with E-state index in [4.69, 9.17) is 5.73 Å². The van der Waals surface area contributed by atoms with Crippen LogP contribution in [0, 0.1) is 0 Å². The van der Waals surface area contributed by atoms with Crippen molar-refractivity contribution >= 4 is 22.5 Å². The van der Waals surface area contributed by atoms with Crippen molar-refractivity contribution in [1.82, 2.24) is 24.5 Å². The molecule has 1 saturated heterocycles. The molecule has 5 rings (SSSR count). The van der Waals surface area contributed by atoms with Crippen LogP contribution in [0.1, 0.15) is 5.82 Å². The second-order valence-corrected chi connectivity index (χ2v) is 6.19. The van der Waals surface area contributed by atoms with E-state index in [0.717, 1.165) is 0 Å². The molecule has 26 heavy (non-hydrogen) atoms. The lowest BCUT2D eigenvalue weighted by Crippen LogP contribution is -2.55. The Morgan fingerprint density at radius 1 is 1.12 bits per heavy atom. The van der Waals surface area contributed by atoms with Crippen molar-refractivity contribution in [2.45, 2.75) is 18.8 Å². The molecule has 4 heterocycles. The van der Waals surface area contributed by atoms with Crippen LogP contribution in [0.25, 0.3) is 16.6 Å². The molecular weight excluding hydrogens is 360 g/mol. The molecular formula is C14H10F4N6O2. The lowest BCUT2D eigenvalue weighted by molar-refractivity contribution is -0.286. The molecule has 2 N–H and O–H groups in total. The summed E-state index contributed by atoms with van der Waals surface area (Å²) in [6, 6.07) is 2.79. The summed E-state index contributed by atoms with van der Waals surface area (Å²) in [5.74, 6) is -2.94. The largest absolute Gasteiger partial charge is 0.586 e. The summed E-state index contributed by atoms with van der Waals surface area (Å²) in [4.78, 5) is 9.83. The van der Waals surface area contributed by atoms with E-state index in [9.17, 15) is 17.6 Å². The maximum atomic E-state index is 13.3. The number of anilines is 1. The number of aromatic nitrogens is 4. The molecule has 0 amide bonds. The van der Waals surface area contributed by atoms with Crippen molar-refractivity contribution in [3.05, 3.63) is 18.0 Å². The van der Waals surface area contributed by atoms with Gasteiger partial charge in [-0.15, -0.1) is 13.9 Å². The minimum absolute atomic E-state index is 0.0547. The zero-order valence-corrected chi connectivity index (χ0v) is 12.9. The Balaban J connectivity index is 1.60. The summed E-state index contributed by atoms with van der Waals surface area (Å²) >= 11 is 0. The summed E-state index contributed by atoms with van der Waals surface area (Å²) in [6.45, 7) is -0.629. The predicted molar refractivity (Wildman–Crippen MR) is 79.1 cm³/mol. The number of halogens is 4. The van der Waals surface area contributed by atoms with Gasteiger partial charge in [0.15, 0.2) is 23.0 Å². The number of hydrogen-bond donors (Lipinski definition) is 1. The van der Waals surface area contributed by atoms with E-state index in [0.29, 0.717) is 5.39 Å². The fourth-order valence-corrected chi connectivity index (χ4v) is 3.13. The molecule has 0 radical (unpaired) electrons. The number of likely N-dealkylation sites (tertiary alicyclic amines) is 1. The third-order valence-electron chi connectivity index (χ3n) is 4.16. The molecule has 3 aromatic rings. The molecule has 136 valence electrons.